The van der Waals surface area contributed by atoms with Crippen molar-refractivity contribution in [3.63, 3.8) is 0 Å². The lowest BCUT2D eigenvalue weighted by molar-refractivity contribution is 0.209. The molecule has 0 saturated heterocycles. The van der Waals surface area contributed by atoms with Gasteiger partial charge in [0.1, 0.15) is 11.9 Å². The van der Waals surface area contributed by atoms with E-state index in [1.54, 1.807) is 19.1 Å². The first-order valence-electron chi connectivity index (χ1n) is 4.97. The van der Waals surface area contributed by atoms with Gasteiger partial charge >= 0.3 is 0 Å². The minimum Gasteiger partial charge on any atom is -0.380 e. The highest BCUT2D eigenvalue weighted by Gasteiger charge is 2.12. The van der Waals surface area contributed by atoms with Gasteiger partial charge < -0.3 is 10.1 Å². The number of aryl methyl sites for hydroxylation is 1. The molecule has 1 aromatic carbocycles. The molecule has 0 amide bonds. The first kappa shape index (κ1) is 10.6. The van der Waals surface area contributed by atoms with Crippen LogP contribution in [0.2, 0.25) is 0 Å². The Morgan fingerprint density at radius 2 is 2.00 bits per heavy atom. The van der Waals surface area contributed by atoms with Gasteiger partial charge in [0.15, 0.2) is 0 Å². The van der Waals surface area contributed by atoms with Crippen molar-refractivity contribution in [2.75, 3.05) is 0 Å². The predicted molar refractivity (Wildman–Crippen MR) is 60.1 cm³/mol. The number of hydrogen-bond donors (Lipinski definition) is 2. The van der Waals surface area contributed by atoms with Gasteiger partial charge in [-0.3, -0.25) is 4.79 Å². The van der Waals surface area contributed by atoms with E-state index >= 15 is 0 Å². The Morgan fingerprint density at radius 1 is 1.31 bits per heavy atom. The van der Waals surface area contributed by atoms with E-state index in [0.29, 0.717) is 11.3 Å². The zero-order chi connectivity index (χ0) is 11.5. The number of rotatable bonds is 2. The molecule has 2 aromatic rings. The van der Waals surface area contributed by atoms with E-state index < -0.39 is 6.10 Å². The van der Waals surface area contributed by atoms with Crippen molar-refractivity contribution in [1.29, 1.82) is 0 Å². The molecule has 0 aliphatic carbocycles. The van der Waals surface area contributed by atoms with Crippen LogP contribution in [-0.2, 0) is 0 Å². The smallest absolute Gasteiger partial charge is 0.251 e. The molecular weight excluding hydrogens is 204 g/mol. The topological polar surface area (TPSA) is 66.0 Å². The Kier molecular flexibility index (Phi) is 2.83. The number of hydrogen-bond acceptors (Lipinski definition) is 3. The predicted octanol–water partition coefficient (Wildman–Crippen LogP) is 1.16. The molecule has 1 heterocycles. The summed E-state index contributed by atoms with van der Waals surface area (Å²) >= 11 is 0. The van der Waals surface area contributed by atoms with E-state index in [0.717, 1.165) is 0 Å². The fraction of sp³-hybridized carbons (Fsp3) is 0.167. The molecule has 2 rings (SSSR count). The molecule has 1 atom stereocenters. The van der Waals surface area contributed by atoms with E-state index in [2.05, 4.69) is 9.97 Å². The van der Waals surface area contributed by atoms with E-state index in [1.807, 2.05) is 18.2 Å². The monoisotopic (exact) mass is 216 g/mol. The molecule has 4 heteroatoms. The second kappa shape index (κ2) is 4.28. The van der Waals surface area contributed by atoms with Gasteiger partial charge in [0, 0.05) is 11.8 Å². The summed E-state index contributed by atoms with van der Waals surface area (Å²) in [4.78, 5) is 17.9. The van der Waals surface area contributed by atoms with Gasteiger partial charge in [0.2, 0.25) is 0 Å². The Bertz CT molecular complexity index is 534. The lowest BCUT2D eigenvalue weighted by atomic mass is 10.1. The van der Waals surface area contributed by atoms with Crippen LogP contribution in [0.15, 0.2) is 41.2 Å². The third-order valence-corrected chi connectivity index (χ3v) is 2.26. The van der Waals surface area contributed by atoms with Crippen molar-refractivity contribution in [1.82, 2.24) is 9.97 Å². The summed E-state index contributed by atoms with van der Waals surface area (Å²) in [5.41, 5.74) is 1.04. The summed E-state index contributed by atoms with van der Waals surface area (Å²) in [6.45, 7) is 1.72. The number of nitrogens with one attached hydrogen (secondary N) is 1. The van der Waals surface area contributed by atoms with Crippen LogP contribution in [0.1, 0.15) is 23.2 Å². The molecule has 0 bridgehead atoms. The highest BCUT2D eigenvalue weighted by molar-refractivity contribution is 5.22. The molecular formula is C12H12N2O2. The minimum atomic E-state index is -0.895. The Hall–Kier alpha value is -1.94. The van der Waals surface area contributed by atoms with Crippen LogP contribution in [0.5, 0.6) is 0 Å². The van der Waals surface area contributed by atoms with Crippen LogP contribution in [0, 0.1) is 6.92 Å². The summed E-state index contributed by atoms with van der Waals surface area (Å²) in [5.74, 6) is 0.274. The maximum absolute atomic E-state index is 11.2. The van der Waals surface area contributed by atoms with E-state index in [9.17, 15) is 9.90 Å². The van der Waals surface area contributed by atoms with Gasteiger partial charge in [-0.15, -0.1) is 0 Å². The Morgan fingerprint density at radius 3 is 2.62 bits per heavy atom. The van der Waals surface area contributed by atoms with Crippen LogP contribution < -0.4 is 5.56 Å². The summed E-state index contributed by atoms with van der Waals surface area (Å²) in [7, 11) is 0. The van der Waals surface area contributed by atoms with Gasteiger partial charge in [-0.05, 0) is 12.5 Å². The second-order valence-electron chi connectivity index (χ2n) is 3.59. The maximum Gasteiger partial charge on any atom is 0.251 e. The number of H-pyrrole nitrogens is 1. The van der Waals surface area contributed by atoms with Gasteiger partial charge in [0.25, 0.3) is 5.56 Å². The van der Waals surface area contributed by atoms with E-state index in [-0.39, 0.29) is 11.4 Å². The third-order valence-electron chi connectivity index (χ3n) is 2.26. The number of aliphatic hydroxyl groups is 1. The number of aliphatic hydroxyl groups excluding tert-OH is 1. The molecule has 2 N–H and O–H groups in total. The lowest BCUT2D eigenvalue weighted by Gasteiger charge is -2.10. The van der Waals surface area contributed by atoms with Crippen LogP contribution in [0.3, 0.4) is 0 Å². The summed E-state index contributed by atoms with van der Waals surface area (Å²) < 4.78 is 0. The standard InChI is InChI=1S/C12H12N2O2/c1-8-7-10(15)14-12(13-8)11(16)9-5-3-2-4-6-9/h2-7,11,16H,1H3,(H,13,14,15). The fourth-order valence-electron chi connectivity index (χ4n) is 1.52. The molecule has 0 saturated carbocycles. The first-order chi connectivity index (χ1) is 7.66. The van der Waals surface area contributed by atoms with Crippen LogP contribution in [-0.4, -0.2) is 15.1 Å². The van der Waals surface area contributed by atoms with Crippen LogP contribution in [0.4, 0.5) is 0 Å². The maximum atomic E-state index is 11.2. The highest BCUT2D eigenvalue weighted by atomic mass is 16.3. The second-order valence-corrected chi connectivity index (χ2v) is 3.59. The van der Waals surface area contributed by atoms with E-state index in [4.69, 9.17) is 0 Å². The van der Waals surface area contributed by atoms with Gasteiger partial charge in [0.05, 0.1) is 0 Å². The minimum absolute atomic E-state index is 0.252. The average Bonchev–Trinajstić information content (AvgIpc) is 2.28. The van der Waals surface area contributed by atoms with Crippen molar-refractivity contribution >= 4 is 0 Å². The first-order valence-corrected chi connectivity index (χ1v) is 4.97. The largest absolute Gasteiger partial charge is 0.380 e. The molecule has 0 spiro atoms. The fourth-order valence-corrected chi connectivity index (χ4v) is 1.52. The molecule has 4 nitrogen and oxygen atoms in total. The average molecular weight is 216 g/mol. The number of nitrogens with zero attached hydrogens (tertiary/aromatic N) is 1. The normalized spacial score (nSPS) is 12.4. The molecule has 0 radical (unpaired) electrons. The molecule has 1 unspecified atom stereocenters. The van der Waals surface area contributed by atoms with Gasteiger partial charge in [-0.1, -0.05) is 30.3 Å². The van der Waals surface area contributed by atoms with Crippen molar-refractivity contribution in [2.45, 2.75) is 13.0 Å². The summed E-state index contributed by atoms with van der Waals surface area (Å²) in [5, 5.41) is 10.0. The molecule has 0 fully saturated rings. The zero-order valence-electron chi connectivity index (χ0n) is 8.84. The highest BCUT2D eigenvalue weighted by Crippen LogP contribution is 2.17. The van der Waals surface area contributed by atoms with Crippen LogP contribution in [0.25, 0.3) is 0 Å². The van der Waals surface area contributed by atoms with Crippen molar-refractivity contribution in [3.05, 3.63) is 63.8 Å². The number of benzene rings is 1. The van der Waals surface area contributed by atoms with Crippen molar-refractivity contribution in [2.24, 2.45) is 0 Å². The van der Waals surface area contributed by atoms with Crippen molar-refractivity contribution < 1.29 is 5.11 Å². The molecule has 16 heavy (non-hydrogen) atoms. The Balaban J connectivity index is 2.41. The summed E-state index contributed by atoms with van der Waals surface area (Å²) in [6, 6.07) is 10.5. The zero-order valence-corrected chi connectivity index (χ0v) is 8.84. The lowest BCUT2D eigenvalue weighted by Crippen LogP contribution is -2.15. The van der Waals surface area contributed by atoms with Gasteiger partial charge in [-0.2, -0.15) is 0 Å². The Labute approximate surface area is 92.6 Å². The quantitative estimate of drug-likeness (QED) is 0.791. The SMILES string of the molecule is Cc1cc(=O)[nH]c(C(O)c2ccccc2)n1. The molecule has 0 aliphatic heterocycles. The number of aromatic nitrogens is 2. The van der Waals surface area contributed by atoms with Crippen LogP contribution >= 0.6 is 0 Å². The molecule has 82 valence electrons. The van der Waals surface area contributed by atoms with E-state index in [1.165, 1.54) is 6.07 Å². The van der Waals surface area contributed by atoms with Crippen molar-refractivity contribution in [3.8, 4) is 0 Å². The molecule has 0 aliphatic rings. The third kappa shape index (κ3) is 2.17. The van der Waals surface area contributed by atoms with Gasteiger partial charge in [-0.25, -0.2) is 4.98 Å². The summed E-state index contributed by atoms with van der Waals surface area (Å²) in [6.07, 6.45) is -0.895. The number of aromatic amines is 1. The molecule has 1 aromatic heterocycles.